The summed E-state index contributed by atoms with van der Waals surface area (Å²) in [5.41, 5.74) is 38.5. The number of aryl methyl sites for hydroxylation is 5. The number of imidazole rings is 1. The van der Waals surface area contributed by atoms with Gasteiger partial charge in [0.05, 0.1) is 122 Å². The number of aromatic nitrogens is 6. The Labute approximate surface area is 951 Å². The van der Waals surface area contributed by atoms with Crippen LogP contribution in [0, 0.1) is 65.0 Å². The van der Waals surface area contributed by atoms with Crippen LogP contribution in [0.1, 0.15) is 69.4 Å². The van der Waals surface area contributed by atoms with Gasteiger partial charge in [-0.15, -0.1) is 0 Å². The van der Waals surface area contributed by atoms with Crippen LogP contribution < -0.4 is 191 Å². The third kappa shape index (κ3) is 41.5. The quantitative estimate of drug-likeness (QED) is 0.00414. The van der Waals surface area contributed by atoms with Crippen molar-refractivity contribution in [2.75, 3.05) is 126 Å². The molecule has 5 heterocycles. The molecule has 774 valence electrons. The van der Waals surface area contributed by atoms with Crippen LogP contribution in [0.3, 0.4) is 0 Å². The zero-order valence-electron chi connectivity index (χ0n) is 85.5. The van der Waals surface area contributed by atoms with E-state index in [1.807, 2.05) is 120 Å². The second-order valence-electron chi connectivity index (χ2n) is 29.3. The molecule has 14 N–H and O–H groups in total. The minimum atomic E-state index is -1.33. The maximum atomic E-state index is 12.5. The van der Waals surface area contributed by atoms with Gasteiger partial charge in [-0.2, -0.15) is 0 Å². The number of carbonyl (C=O) groups excluding carboxylic acids is 5. The van der Waals surface area contributed by atoms with Gasteiger partial charge in [0, 0.05) is 141 Å². The molecule has 0 radical (unpaired) electrons. The van der Waals surface area contributed by atoms with Crippen molar-refractivity contribution in [1.82, 2.24) is 29.5 Å². The minimum absolute atomic E-state index is 0. The van der Waals surface area contributed by atoms with E-state index in [9.17, 15) is 53.9 Å². The van der Waals surface area contributed by atoms with Gasteiger partial charge in [-0.05, 0) is 263 Å². The molecule has 5 aromatic heterocycles. The molecular weight excluding hydrogens is 2000 g/mol. The molecule has 0 spiro atoms. The summed E-state index contributed by atoms with van der Waals surface area (Å²) >= 11 is 5.55. The van der Waals surface area contributed by atoms with Crippen molar-refractivity contribution in [3.05, 3.63) is 366 Å². The van der Waals surface area contributed by atoms with E-state index < -0.39 is 28.1 Å². The number of methoxy groups -OCH3 is 9. The van der Waals surface area contributed by atoms with Gasteiger partial charge in [-0.3, -0.25) is 83.2 Å². The van der Waals surface area contributed by atoms with Crippen molar-refractivity contribution < 1.29 is 206 Å². The van der Waals surface area contributed by atoms with Gasteiger partial charge >= 0.3 is 109 Å². The van der Waals surface area contributed by atoms with E-state index in [1.54, 1.807) is 179 Å². The number of amides is 3. The van der Waals surface area contributed by atoms with E-state index in [1.165, 1.54) is 86.4 Å². The Morgan fingerprint density at radius 3 is 1.05 bits per heavy atom. The number of halogens is 2. The van der Waals surface area contributed by atoms with Gasteiger partial charge in [0.25, 0.3) is 47.7 Å². The monoisotopic (exact) mass is 2120 g/mol. The number of nitro groups is 3. The molecule has 15 rings (SSSR count). The van der Waals surface area contributed by atoms with Crippen molar-refractivity contribution in [2.24, 2.45) is 0 Å². The number of ether oxygens (including phenoxy) is 10. The topological polar surface area (TPSA) is 585 Å². The zero-order chi connectivity index (χ0) is 108. The van der Waals surface area contributed by atoms with E-state index in [4.69, 9.17) is 88.6 Å². The van der Waals surface area contributed by atoms with E-state index in [2.05, 4.69) is 71.0 Å². The van der Waals surface area contributed by atoms with Gasteiger partial charge in [-0.25, -0.2) is 4.98 Å². The molecule has 0 atom stereocenters. The van der Waals surface area contributed by atoms with E-state index in [-0.39, 0.29) is 158 Å². The normalized spacial score (nSPS) is 9.85. The fourth-order valence-corrected chi connectivity index (χ4v) is 12.5. The van der Waals surface area contributed by atoms with Crippen LogP contribution in [-0.4, -0.2) is 152 Å². The molecule has 15 aromatic rings. The Morgan fingerprint density at radius 2 is 0.725 bits per heavy atom. The van der Waals surface area contributed by atoms with Crippen molar-refractivity contribution in [1.29, 1.82) is 0 Å². The summed E-state index contributed by atoms with van der Waals surface area (Å²) in [5.74, 6) is 3.53. The van der Waals surface area contributed by atoms with Crippen LogP contribution in [-0.2, 0) is 33.4 Å². The number of nitrogens with zero attached hydrogens (tertiary/aromatic N) is 9. The number of benzene rings is 10. The molecular formula is C103H113ClFK2N19O23. The average molecular weight is 2120 g/mol. The van der Waals surface area contributed by atoms with Crippen LogP contribution >= 0.6 is 11.6 Å². The second kappa shape index (κ2) is 67.5. The minimum Gasteiger partial charge on any atom is -1.00 e. The maximum absolute atomic E-state index is 12.5. The van der Waals surface area contributed by atoms with Crippen LogP contribution in [0.15, 0.2) is 286 Å². The summed E-state index contributed by atoms with van der Waals surface area (Å²) < 4.78 is 66.3. The fraction of sp³-hybridized carbons (Fsp3) is 0.165. The number of fused-ring (bicyclic) bond motifs is 1. The number of nitrogens with two attached hydrogens (primary N) is 4. The Balaban J connectivity index is 0.000000595. The molecule has 10 aromatic carbocycles. The third-order valence-electron chi connectivity index (χ3n) is 19.9. The van der Waals surface area contributed by atoms with E-state index in [0.717, 1.165) is 84.7 Å². The summed E-state index contributed by atoms with van der Waals surface area (Å²) in [6.07, 6.45) is 11.4. The summed E-state index contributed by atoms with van der Waals surface area (Å²) in [6, 6.07) is 67.9. The molecule has 0 saturated carbocycles. The van der Waals surface area contributed by atoms with E-state index in [0.29, 0.717) is 91.7 Å². The van der Waals surface area contributed by atoms with Crippen LogP contribution in [0.5, 0.6) is 34.5 Å². The first-order valence-electron chi connectivity index (χ1n) is 43.4. The van der Waals surface area contributed by atoms with Gasteiger partial charge in [0.2, 0.25) is 0 Å². The molecule has 0 aliphatic carbocycles. The van der Waals surface area contributed by atoms with Crippen LogP contribution in [0.25, 0.3) is 16.7 Å². The summed E-state index contributed by atoms with van der Waals surface area (Å²) in [5, 5.41) is 59.0. The second-order valence-corrected chi connectivity index (χ2v) is 29.7. The van der Waals surface area contributed by atoms with Crippen molar-refractivity contribution in [3.63, 3.8) is 0 Å². The van der Waals surface area contributed by atoms with Crippen molar-refractivity contribution >= 4 is 144 Å². The van der Waals surface area contributed by atoms with E-state index >= 15 is 0 Å². The number of hydrogen-bond acceptors (Lipinski definition) is 35. The number of nitrogens with one attached hydrogen (secondary N) is 6. The molecule has 46 heteroatoms. The predicted molar refractivity (Wildman–Crippen MR) is 562 cm³/mol. The van der Waals surface area contributed by atoms with Gasteiger partial charge in [0.15, 0.2) is 5.75 Å². The first-order chi connectivity index (χ1) is 70.5. The Kier molecular flexibility index (Phi) is 57.1. The maximum Gasteiger partial charge on any atom is 1.00 e. The summed E-state index contributed by atoms with van der Waals surface area (Å²) in [4.78, 5) is 110. The molecule has 0 saturated heterocycles. The van der Waals surface area contributed by atoms with Crippen molar-refractivity contribution in [2.45, 2.75) is 48.2 Å². The molecule has 0 bridgehead atoms. The number of nitro benzene ring substituents is 3. The van der Waals surface area contributed by atoms with Gasteiger partial charge < -0.3 is 114 Å². The Hall–Kier alpha value is -15.3. The Morgan fingerprint density at radius 1 is 0.423 bits per heavy atom. The molecule has 149 heavy (non-hydrogen) atoms. The Bertz CT molecular complexity index is 6780. The number of alkyl halides is 1. The average Bonchev–Trinajstić information content (AvgIpc) is 1.63. The smallest absolute Gasteiger partial charge is 1.00 e. The molecule has 0 fully saturated rings. The first-order valence-corrected chi connectivity index (χ1v) is 43.1. The summed E-state index contributed by atoms with van der Waals surface area (Å²) in [7, 11) is 12.3. The third-order valence-corrected chi connectivity index (χ3v) is 20.2. The largest absolute Gasteiger partial charge is 1.00 e. The fourth-order valence-electron chi connectivity index (χ4n) is 12.3. The zero-order valence-corrected chi connectivity index (χ0v) is 90.5. The number of pyridine rings is 4. The van der Waals surface area contributed by atoms with Crippen LogP contribution in [0.4, 0.5) is 95.4 Å². The summed E-state index contributed by atoms with van der Waals surface area (Å²) in [6.45, 7) is 9.63. The predicted octanol–water partition coefficient (Wildman–Crippen LogP) is 13.5. The number of hydrogen-bond donors (Lipinski definition) is 10. The number of anilines is 13. The van der Waals surface area contributed by atoms with Crippen molar-refractivity contribution in [3.8, 4) is 40.2 Å². The standard InChI is InChI=1S/C22H20N4O2.C20H18N4O4.C20H20N4O2.C13H13N3O3.C7H6ClNO3.C7H7NO2.C6H8N2.C5H12O4.CH3F.CH2O3.CH4.2K.H/c1-14-10-11-23-13-19(14)22(27)25-16-4-6-17(7-5-16)26-15(2)24-20-12-18(28-3)8-9-21(20)26;1-13-9-10-21-12-17(13)20(25)23-15-5-3-14(4-6-15)22-18-8-7-16(28-2)11-19(18)24(26)27;1-13-9-10-22-12-17(13)20(25)24-15-5-3-14(4-6-15)23-19-8-7-16(26-2)11-18(19)21;1-19-11-6-7-12(13(8-11)16(17)18)15-10-4-2-9(14)3-5-10;1-12-5-2-3-6(8)7(4-5)9(10)11;1-6-2-3-8-4-7(6)10-5-9;7-5-1-2-6(8)4-3-5;1-6-5(7-2,8-3)9-4;1-2;2-1-4-3;;;;/h4-13H,1-3H3,(H,25,27);3-12,22H,1-2H3,(H,23,25);3-12,23H,21H2,1-2H3,(H,24,25);2-8,15H,14H2,1H3;2-4H,1H3;2-5H,1H3;1-4H,7-8H2;1-4H3;1H3;1,3H;1H4;;;/q;;;;;;;;;;;2*+1;-1/p-1/i;;;;;;;;1D;;;;;. The molecule has 0 unspecified atom stereocenters. The molecule has 0 aliphatic rings. The number of rotatable bonds is 28. The molecule has 3 amide bonds. The first kappa shape index (κ1) is 126. The number of carbonyl (C=O) groups is 5. The SMILES string of the molecule is C.COC(OC)(OC)OC.COc1ccc(Cl)c([N+](=O)[O-])c1.COc1ccc(Nc2ccc(N)cc2)c([N+](=O)[O-])c1.COc1ccc(Nc2ccc(NC(=O)c3cnccc3C)cc2)c(N)c1.COc1ccc(Nc2ccc(NC(=O)c3cnccc3C)cc2)c([N+](=O)[O-])c1.COc1ccc2c(c1)nc(C)n2-c1ccc(NC(=O)c2cnccc2C)cc1.Cc1ccncc1OC=O.Nc1ccc(N)cc1.O=CO[O-].[2H]CF.[H-].[K+].[K+]. The van der Waals surface area contributed by atoms with Crippen LogP contribution in [0.2, 0.25) is 5.02 Å². The molecule has 42 nitrogen and oxygen atoms in total. The van der Waals surface area contributed by atoms with Gasteiger partial charge in [0.1, 0.15) is 51.0 Å². The molecule has 0 aliphatic heterocycles. The van der Waals surface area contributed by atoms with Gasteiger partial charge in [-0.1, -0.05) is 19.0 Å². The number of nitrogen functional groups attached to an aromatic ring is 4.